The second-order valence-corrected chi connectivity index (χ2v) is 2.66. The first kappa shape index (κ1) is 10.4. The fourth-order valence-corrected chi connectivity index (χ4v) is 1.10. The van der Waals surface area contributed by atoms with Crippen LogP contribution in [0.25, 0.3) is 6.08 Å². The number of halogens is 1. The first-order valence-corrected chi connectivity index (χ1v) is 4.28. The fraction of sp³-hybridized carbons (Fsp3) is 0.182. The lowest BCUT2D eigenvalue weighted by molar-refractivity contribution is 0.0526. The van der Waals surface area contributed by atoms with E-state index in [1.165, 1.54) is 24.3 Å². The average Bonchev–Trinajstić information content (AvgIpc) is 2.17. The molecule has 0 N–H and O–H groups in total. The number of esters is 1. The lowest BCUT2D eigenvalue weighted by Gasteiger charge is -2.04. The molecule has 1 aromatic rings. The number of rotatable bonds is 3. The van der Waals surface area contributed by atoms with E-state index in [1.807, 2.05) is 0 Å². The first-order valence-electron chi connectivity index (χ1n) is 4.28. The van der Waals surface area contributed by atoms with Crippen LogP contribution in [0.5, 0.6) is 0 Å². The summed E-state index contributed by atoms with van der Waals surface area (Å²) >= 11 is 0. The smallest absolute Gasteiger partial charge is 0.338 e. The Morgan fingerprint density at radius 3 is 2.93 bits per heavy atom. The number of ether oxygens (including phenoxy) is 1. The van der Waals surface area contributed by atoms with Gasteiger partial charge in [0, 0.05) is 0 Å². The molecule has 0 aliphatic rings. The van der Waals surface area contributed by atoms with Gasteiger partial charge in [-0.15, -0.1) is 0 Å². The second-order valence-electron chi connectivity index (χ2n) is 2.66. The highest BCUT2D eigenvalue weighted by molar-refractivity contribution is 5.93. The van der Waals surface area contributed by atoms with Crippen LogP contribution in [0.15, 0.2) is 24.8 Å². The van der Waals surface area contributed by atoms with Gasteiger partial charge in [-0.2, -0.15) is 0 Å². The lowest BCUT2D eigenvalue weighted by Crippen LogP contribution is -2.06. The Balaban J connectivity index is 3.07. The van der Waals surface area contributed by atoms with Crippen molar-refractivity contribution in [2.24, 2.45) is 0 Å². The van der Waals surface area contributed by atoms with Crippen molar-refractivity contribution in [1.29, 1.82) is 0 Å². The van der Waals surface area contributed by atoms with Crippen molar-refractivity contribution in [3.05, 3.63) is 41.7 Å². The van der Waals surface area contributed by atoms with Crippen molar-refractivity contribution < 1.29 is 13.9 Å². The summed E-state index contributed by atoms with van der Waals surface area (Å²) < 4.78 is 17.6. The molecule has 0 heterocycles. The van der Waals surface area contributed by atoms with Gasteiger partial charge in [0.25, 0.3) is 0 Å². The second kappa shape index (κ2) is 4.56. The highest BCUT2D eigenvalue weighted by Gasteiger charge is 2.10. The third-order valence-corrected chi connectivity index (χ3v) is 1.73. The molecule has 1 aromatic carbocycles. The van der Waals surface area contributed by atoms with E-state index in [9.17, 15) is 9.18 Å². The molecule has 0 aromatic heterocycles. The molecule has 0 amide bonds. The van der Waals surface area contributed by atoms with Crippen molar-refractivity contribution in [3.63, 3.8) is 0 Å². The van der Waals surface area contributed by atoms with E-state index in [-0.39, 0.29) is 0 Å². The minimum atomic E-state index is -0.456. The minimum Gasteiger partial charge on any atom is -0.462 e. The van der Waals surface area contributed by atoms with Gasteiger partial charge in [0.2, 0.25) is 0 Å². The number of benzene rings is 1. The molecule has 14 heavy (non-hydrogen) atoms. The summed E-state index contributed by atoms with van der Waals surface area (Å²) in [6.45, 7) is 5.52. The van der Waals surface area contributed by atoms with Crippen molar-refractivity contribution >= 4 is 12.0 Å². The van der Waals surface area contributed by atoms with Crippen LogP contribution in [0.2, 0.25) is 0 Å². The zero-order valence-electron chi connectivity index (χ0n) is 7.92. The van der Waals surface area contributed by atoms with Gasteiger partial charge in [-0.25, -0.2) is 9.18 Å². The summed E-state index contributed by atoms with van der Waals surface area (Å²) in [5.74, 6) is -0.852. The van der Waals surface area contributed by atoms with Gasteiger partial charge in [-0.05, 0) is 30.7 Å². The molecule has 0 aliphatic heterocycles. The average molecular weight is 194 g/mol. The van der Waals surface area contributed by atoms with Crippen molar-refractivity contribution in [1.82, 2.24) is 0 Å². The summed E-state index contributed by atoms with van der Waals surface area (Å²) in [6.07, 6.45) is 1.43. The van der Waals surface area contributed by atoms with Gasteiger partial charge in [0.05, 0.1) is 12.2 Å². The van der Waals surface area contributed by atoms with Crippen LogP contribution in [0.3, 0.4) is 0 Å². The Kier molecular flexibility index (Phi) is 3.40. The minimum absolute atomic E-state index is 0.298. The summed E-state index contributed by atoms with van der Waals surface area (Å²) in [6, 6.07) is 3.86. The highest BCUT2D eigenvalue weighted by atomic mass is 19.1. The van der Waals surface area contributed by atoms with Crippen LogP contribution >= 0.6 is 0 Å². The van der Waals surface area contributed by atoms with E-state index in [1.54, 1.807) is 6.92 Å². The molecule has 0 unspecified atom stereocenters. The molecular weight excluding hydrogens is 183 g/mol. The Bertz CT molecular complexity index is 358. The Morgan fingerprint density at radius 1 is 1.64 bits per heavy atom. The summed E-state index contributed by atoms with van der Waals surface area (Å²) in [5, 5.41) is 0. The van der Waals surface area contributed by atoms with Gasteiger partial charge >= 0.3 is 5.97 Å². The molecular formula is C11H11FO2. The molecule has 0 spiro atoms. The zero-order valence-corrected chi connectivity index (χ0v) is 7.92. The Labute approximate surface area is 82.0 Å². The SMILES string of the molecule is C=Cc1cc(F)ccc1C(=O)OCC. The van der Waals surface area contributed by atoms with Crippen LogP contribution < -0.4 is 0 Å². The predicted molar refractivity (Wildman–Crippen MR) is 52.4 cm³/mol. The van der Waals surface area contributed by atoms with Crippen LogP contribution in [0.4, 0.5) is 4.39 Å². The highest BCUT2D eigenvalue weighted by Crippen LogP contribution is 2.13. The molecule has 74 valence electrons. The molecule has 0 atom stereocenters. The normalized spacial score (nSPS) is 9.57. The third kappa shape index (κ3) is 2.19. The molecule has 0 aliphatic carbocycles. The van der Waals surface area contributed by atoms with Crippen LogP contribution in [-0.2, 0) is 4.74 Å². The number of carbonyl (C=O) groups is 1. The topological polar surface area (TPSA) is 26.3 Å². The number of hydrogen-bond donors (Lipinski definition) is 0. The molecule has 0 radical (unpaired) electrons. The summed E-state index contributed by atoms with van der Waals surface area (Å²) in [5.41, 5.74) is 0.784. The number of carbonyl (C=O) groups excluding carboxylic acids is 1. The molecule has 2 nitrogen and oxygen atoms in total. The van der Waals surface area contributed by atoms with Crippen molar-refractivity contribution in [2.75, 3.05) is 6.61 Å². The van der Waals surface area contributed by atoms with E-state index in [4.69, 9.17) is 4.74 Å². The van der Waals surface area contributed by atoms with E-state index in [2.05, 4.69) is 6.58 Å². The summed E-state index contributed by atoms with van der Waals surface area (Å²) in [7, 11) is 0. The van der Waals surface area contributed by atoms with Gasteiger partial charge in [-0.3, -0.25) is 0 Å². The maximum absolute atomic E-state index is 12.8. The van der Waals surface area contributed by atoms with E-state index in [0.717, 1.165) is 0 Å². The lowest BCUT2D eigenvalue weighted by atomic mass is 10.1. The van der Waals surface area contributed by atoms with Gasteiger partial charge in [0.1, 0.15) is 5.82 Å². The van der Waals surface area contributed by atoms with Crippen molar-refractivity contribution in [3.8, 4) is 0 Å². The molecule has 0 saturated carbocycles. The third-order valence-electron chi connectivity index (χ3n) is 1.73. The van der Waals surface area contributed by atoms with Crippen LogP contribution in [0.1, 0.15) is 22.8 Å². The quantitative estimate of drug-likeness (QED) is 0.691. The summed E-state index contributed by atoms with van der Waals surface area (Å²) in [4.78, 5) is 11.3. The number of hydrogen-bond acceptors (Lipinski definition) is 2. The standard InChI is InChI=1S/C11H11FO2/c1-3-8-7-9(12)5-6-10(8)11(13)14-4-2/h3,5-7H,1,4H2,2H3. The Hall–Kier alpha value is -1.64. The fourth-order valence-electron chi connectivity index (χ4n) is 1.10. The maximum atomic E-state index is 12.8. The van der Waals surface area contributed by atoms with Crippen molar-refractivity contribution in [2.45, 2.75) is 6.92 Å². The monoisotopic (exact) mass is 194 g/mol. The zero-order chi connectivity index (χ0) is 10.6. The first-order chi connectivity index (χ1) is 6.69. The van der Waals surface area contributed by atoms with Gasteiger partial charge in [0.15, 0.2) is 0 Å². The molecule has 0 bridgehead atoms. The van der Waals surface area contributed by atoms with Crippen LogP contribution in [0, 0.1) is 5.82 Å². The Morgan fingerprint density at radius 2 is 2.36 bits per heavy atom. The predicted octanol–water partition coefficient (Wildman–Crippen LogP) is 2.65. The van der Waals surface area contributed by atoms with Gasteiger partial charge in [-0.1, -0.05) is 12.7 Å². The van der Waals surface area contributed by atoms with E-state index < -0.39 is 11.8 Å². The van der Waals surface area contributed by atoms with Crippen LogP contribution in [-0.4, -0.2) is 12.6 Å². The van der Waals surface area contributed by atoms with Gasteiger partial charge < -0.3 is 4.74 Å². The largest absolute Gasteiger partial charge is 0.462 e. The van der Waals surface area contributed by atoms with E-state index in [0.29, 0.717) is 17.7 Å². The maximum Gasteiger partial charge on any atom is 0.338 e. The molecule has 0 saturated heterocycles. The van der Waals surface area contributed by atoms with E-state index >= 15 is 0 Å². The molecule has 1 rings (SSSR count). The molecule has 0 fully saturated rings. The molecule has 3 heteroatoms.